The molecule has 1 heterocycles. The first-order valence-corrected chi connectivity index (χ1v) is 6.71. The van der Waals surface area contributed by atoms with Gasteiger partial charge >= 0.3 is 5.97 Å². The zero-order valence-corrected chi connectivity index (χ0v) is 11.8. The van der Waals surface area contributed by atoms with E-state index in [0.29, 0.717) is 28.0 Å². The first-order chi connectivity index (χ1) is 10.5. The molecule has 0 atom stereocenters. The number of aromatic nitrogens is 1. The Hall–Kier alpha value is -2.95. The van der Waals surface area contributed by atoms with Gasteiger partial charge in [-0.2, -0.15) is 0 Å². The van der Waals surface area contributed by atoms with Crippen LogP contribution in [0.25, 0.3) is 10.9 Å². The Balaban J connectivity index is 2.09. The van der Waals surface area contributed by atoms with Gasteiger partial charge in [0.1, 0.15) is 11.3 Å². The van der Waals surface area contributed by atoms with Gasteiger partial charge in [0.15, 0.2) is 0 Å². The number of hydrogen-bond acceptors (Lipinski definition) is 3. The number of carboxylic acids is 1. The molecular weight excluding hydrogens is 283 g/mol. The lowest BCUT2D eigenvalue weighted by molar-refractivity contribution is 0.0697. The van der Waals surface area contributed by atoms with E-state index in [9.17, 15) is 9.18 Å². The van der Waals surface area contributed by atoms with Gasteiger partial charge in [-0.1, -0.05) is 18.2 Å². The summed E-state index contributed by atoms with van der Waals surface area (Å²) in [6, 6.07) is 13.0. The van der Waals surface area contributed by atoms with Crippen LogP contribution in [-0.4, -0.2) is 16.1 Å². The number of halogens is 1. The maximum atomic E-state index is 13.9. The minimum atomic E-state index is -0.995. The van der Waals surface area contributed by atoms with E-state index in [1.165, 1.54) is 18.2 Å². The molecule has 5 heteroatoms. The van der Waals surface area contributed by atoms with Crippen molar-refractivity contribution >= 4 is 28.2 Å². The van der Waals surface area contributed by atoms with Gasteiger partial charge in [-0.15, -0.1) is 0 Å². The number of rotatable bonds is 3. The van der Waals surface area contributed by atoms with Gasteiger partial charge in [-0.05, 0) is 37.3 Å². The van der Waals surface area contributed by atoms with Crippen LogP contribution in [0, 0.1) is 12.7 Å². The largest absolute Gasteiger partial charge is 0.478 e. The predicted molar refractivity (Wildman–Crippen MR) is 83.1 cm³/mol. The summed E-state index contributed by atoms with van der Waals surface area (Å²) in [6.45, 7) is 1.78. The van der Waals surface area contributed by atoms with E-state index in [2.05, 4.69) is 10.3 Å². The van der Waals surface area contributed by atoms with Gasteiger partial charge in [-0.25, -0.2) is 14.2 Å². The second kappa shape index (κ2) is 5.44. The number of aromatic carboxylic acids is 1. The molecule has 0 aliphatic rings. The molecule has 0 fully saturated rings. The third-order valence-corrected chi connectivity index (χ3v) is 3.31. The van der Waals surface area contributed by atoms with Crippen LogP contribution in [0.5, 0.6) is 0 Å². The molecule has 0 aliphatic carbocycles. The fraction of sp³-hybridized carbons (Fsp3) is 0.0588. The molecule has 0 aliphatic heterocycles. The molecular formula is C17H13FN2O2. The lowest BCUT2D eigenvalue weighted by atomic mass is 10.1. The first-order valence-electron chi connectivity index (χ1n) is 6.71. The van der Waals surface area contributed by atoms with Crippen LogP contribution >= 0.6 is 0 Å². The van der Waals surface area contributed by atoms with Crippen molar-refractivity contribution in [3.05, 3.63) is 65.6 Å². The van der Waals surface area contributed by atoms with Gasteiger partial charge in [0.25, 0.3) is 0 Å². The smallest absolute Gasteiger partial charge is 0.335 e. The zero-order valence-electron chi connectivity index (χ0n) is 11.8. The van der Waals surface area contributed by atoms with Gasteiger partial charge in [0.2, 0.25) is 0 Å². The van der Waals surface area contributed by atoms with E-state index < -0.39 is 5.97 Å². The third kappa shape index (κ3) is 2.61. The molecule has 0 saturated carbocycles. The van der Waals surface area contributed by atoms with Crippen molar-refractivity contribution in [2.75, 3.05) is 5.32 Å². The highest BCUT2D eigenvalue weighted by atomic mass is 19.1. The van der Waals surface area contributed by atoms with E-state index in [1.807, 2.05) is 0 Å². The molecule has 0 spiro atoms. The monoisotopic (exact) mass is 296 g/mol. The van der Waals surface area contributed by atoms with Crippen LogP contribution < -0.4 is 5.32 Å². The average Bonchev–Trinajstić information content (AvgIpc) is 2.48. The Labute approximate surface area is 126 Å². The number of benzene rings is 2. The fourth-order valence-electron chi connectivity index (χ4n) is 2.33. The lowest BCUT2D eigenvalue weighted by Gasteiger charge is -2.11. The summed E-state index contributed by atoms with van der Waals surface area (Å²) in [5.74, 6) is -1.38. The van der Waals surface area contributed by atoms with Gasteiger partial charge in [0.05, 0.1) is 5.56 Å². The van der Waals surface area contributed by atoms with E-state index in [1.54, 1.807) is 37.3 Å². The van der Waals surface area contributed by atoms with Gasteiger partial charge in [0, 0.05) is 22.5 Å². The topological polar surface area (TPSA) is 62.2 Å². The Morgan fingerprint density at radius 1 is 1.18 bits per heavy atom. The summed E-state index contributed by atoms with van der Waals surface area (Å²) in [7, 11) is 0. The molecule has 110 valence electrons. The number of pyridine rings is 1. The second-order valence-electron chi connectivity index (χ2n) is 4.96. The molecule has 0 bridgehead atoms. The number of aryl methyl sites for hydroxylation is 1. The molecule has 0 saturated heterocycles. The quantitative estimate of drug-likeness (QED) is 0.763. The highest BCUT2D eigenvalue weighted by Crippen LogP contribution is 2.28. The van der Waals surface area contributed by atoms with E-state index >= 15 is 0 Å². The third-order valence-electron chi connectivity index (χ3n) is 3.31. The normalized spacial score (nSPS) is 10.6. The maximum absolute atomic E-state index is 13.9. The van der Waals surface area contributed by atoms with Crippen molar-refractivity contribution < 1.29 is 14.3 Å². The molecule has 22 heavy (non-hydrogen) atoms. The second-order valence-corrected chi connectivity index (χ2v) is 4.96. The minimum absolute atomic E-state index is 0.186. The van der Waals surface area contributed by atoms with Crippen molar-refractivity contribution in [1.82, 2.24) is 4.98 Å². The standard InChI is InChI=1S/C17H13FN2O2/c1-10-8-15(13-6-3-7-14(18)16(13)19-10)20-12-5-2-4-11(9-12)17(21)22/h2-9H,1H3,(H,19,20)(H,21,22). The van der Waals surface area contributed by atoms with E-state index in [-0.39, 0.29) is 11.4 Å². The van der Waals surface area contributed by atoms with Crippen molar-refractivity contribution in [2.24, 2.45) is 0 Å². The van der Waals surface area contributed by atoms with Crippen molar-refractivity contribution in [3.63, 3.8) is 0 Å². The summed E-state index contributed by atoms with van der Waals surface area (Å²) < 4.78 is 13.9. The molecule has 2 aromatic carbocycles. The molecule has 0 unspecified atom stereocenters. The van der Waals surface area contributed by atoms with Crippen LogP contribution in [0.3, 0.4) is 0 Å². The number of carbonyl (C=O) groups is 1. The molecule has 2 N–H and O–H groups in total. The van der Waals surface area contributed by atoms with Crippen LogP contribution in [0.2, 0.25) is 0 Å². The molecule has 4 nitrogen and oxygen atoms in total. The number of nitrogens with one attached hydrogen (secondary N) is 1. The first kappa shape index (κ1) is 14.0. The molecule has 1 aromatic heterocycles. The van der Waals surface area contributed by atoms with E-state index in [4.69, 9.17) is 5.11 Å². The van der Waals surface area contributed by atoms with Gasteiger partial charge < -0.3 is 10.4 Å². The summed E-state index contributed by atoms with van der Waals surface area (Å²) in [6.07, 6.45) is 0. The SMILES string of the molecule is Cc1cc(Nc2cccc(C(=O)O)c2)c2cccc(F)c2n1. The number of fused-ring (bicyclic) bond motifs is 1. The van der Waals surface area contributed by atoms with Gasteiger partial charge in [-0.3, -0.25) is 0 Å². The minimum Gasteiger partial charge on any atom is -0.478 e. The Bertz CT molecular complexity index is 878. The molecule has 3 rings (SSSR count). The average molecular weight is 296 g/mol. The molecule has 0 radical (unpaired) electrons. The fourth-order valence-corrected chi connectivity index (χ4v) is 2.33. The maximum Gasteiger partial charge on any atom is 0.335 e. The van der Waals surface area contributed by atoms with E-state index in [0.717, 1.165) is 0 Å². The highest BCUT2D eigenvalue weighted by Gasteiger charge is 2.09. The van der Waals surface area contributed by atoms with Crippen LogP contribution in [0.15, 0.2) is 48.5 Å². The molecule has 0 amide bonds. The van der Waals surface area contributed by atoms with Crippen molar-refractivity contribution in [3.8, 4) is 0 Å². The van der Waals surface area contributed by atoms with Crippen molar-refractivity contribution in [2.45, 2.75) is 6.92 Å². The number of nitrogens with zero attached hydrogens (tertiary/aromatic N) is 1. The lowest BCUT2D eigenvalue weighted by Crippen LogP contribution is -1.99. The summed E-state index contributed by atoms with van der Waals surface area (Å²) >= 11 is 0. The number of carboxylic acid groups (broad SMARTS) is 1. The number of hydrogen-bond donors (Lipinski definition) is 2. The number of anilines is 2. The van der Waals surface area contributed by atoms with Crippen LogP contribution in [0.4, 0.5) is 15.8 Å². The van der Waals surface area contributed by atoms with Crippen molar-refractivity contribution in [1.29, 1.82) is 0 Å². The van der Waals surface area contributed by atoms with Crippen LogP contribution in [-0.2, 0) is 0 Å². The summed E-state index contributed by atoms with van der Waals surface area (Å²) in [5, 5.41) is 12.8. The Morgan fingerprint density at radius 2 is 1.95 bits per heavy atom. The Morgan fingerprint density at radius 3 is 2.73 bits per heavy atom. The van der Waals surface area contributed by atoms with Crippen LogP contribution in [0.1, 0.15) is 16.1 Å². The Kier molecular flexibility index (Phi) is 3.47. The summed E-state index contributed by atoms with van der Waals surface area (Å²) in [4.78, 5) is 15.2. The zero-order chi connectivity index (χ0) is 15.7. The predicted octanol–water partition coefficient (Wildman–Crippen LogP) is 4.12. The highest BCUT2D eigenvalue weighted by molar-refractivity contribution is 5.94. The molecule has 3 aromatic rings. The summed E-state index contributed by atoms with van der Waals surface area (Å²) in [5.41, 5.74) is 2.46. The number of para-hydroxylation sites is 1.